The Morgan fingerprint density at radius 3 is 2.31 bits per heavy atom. The molecule has 2 amide bonds. The molecule has 1 aliphatic rings. The minimum atomic E-state index is -1.01. The average Bonchev–Trinajstić information content (AvgIpc) is 3.09. The van der Waals surface area contributed by atoms with Crippen LogP contribution in [0.5, 0.6) is 0 Å². The van der Waals surface area contributed by atoms with Gasteiger partial charge < -0.3 is 9.67 Å². The van der Waals surface area contributed by atoms with Crippen molar-refractivity contribution in [1.29, 1.82) is 0 Å². The molecule has 8 heteroatoms. The zero-order valence-electron chi connectivity index (χ0n) is 20.7. The fourth-order valence-electron chi connectivity index (χ4n) is 4.34. The van der Waals surface area contributed by atoms with E-state index in [0.29, 0.717) is 17.2 Å². The van der Waals surface area contributed by atoms with Crippen molar-refractivity contribution < 1.29 is 19.5 Å². The van der Waals surface area contributed by atoms with E-state index in [1.54, 1.807) is 24.3 Å². The van der Waals surface area contributed by atoms with E-state index in [1.165, 1.54) is 4.90 Å². The first-order valence-electron chi connectivity index (χ1n) is 11.5. The summed E-state index contributed by atoms with van der Waals surface area (Å²) in [5.74, 6) is -1.74. The van der Waals surface area contributed by atoms with Gasteiger partial charge in [0.05, 0.1) is 11.3 Å². The first kappa shape index (κ1) is 25.1. The fourth-order valence-corrected chi connectivity index (χ4v) is 4.62. The maximum absolute atomic E-state index is 13.5. The summed E-state index contributed by atoms with van der Waals surface area (Å²) >= 11 is 5.32. The van der Waals surface area contributed by atoms with Gasteiger partial charge in [0.15, 0.2) is 5.11 Å². The zero-order valence-corrected chi connectivity index (χ0v) is 21.6. The molecule has 0 saturated carbocycles. The molecule has 1 fully saturated rings. The van der Waals surface area contributed by atoms with E-state index in [4.69, 9.17) is 12.2 Å². The third kappa shape index (κ3) is 4.47. The number of nitrogens with one attached hydrogen (secondary N) is 1. The van der Waals surface area contributed by atoms with Crippen molar-refractivity contribution in [2.45, 2.75) is 40.5 Å². The molecular weight excluding hydrogens is 474 g/mol. The molecule has 0 atom stereocenters. The van der Waals surface area contributed by atoms with Gasteiger partial charge in [0.25, 0.3) is 11.8 Å². The molecular formula is C28H27N3O4S. The maximum Gasteiger partial charge on any atom is 0.335 e. The van der Waals surface area contributed by atoms with Crippen molar-refractivity contribution in [3.8, 4) is 5.69 Å². The first-order valence-corrected chi connectivity index (χ1v) is 11.9. The number of carboxylic acids is 1. The number of carboxylic acid groups (broad SMARTS) is 1. The summed E-state index contributed by atoms with van der Waals surface area (Å²) in [6, 6.07) is 14.3. The van der Waals surface area contributed by atoms with Gasteiger partial charge in [-0.25, -0.2) is 4.79 Å². The number of carbonyl (C=O) groups excluding carboxylic acids is 2. The molecule has 36 heavy (non-hydrogen) atoms. The van der Waals surface area contributed by atoms with E-state index in [9.17, 15) is 19.5 Å². The van der Waals surface area contributed by atoms with Crippen LogP contribution in [0.2, 0.25) is 0 Å². The molecule has 0 radical (unpaired) electrons. The van der Waals surface area contributed by atoms with Crippen LogP contribution in [0.25, 0.3) is 11.8 Å². The lowest BCUT2D eigenvalue weighted by molar-refractivity contribution is -0.122. The van der Waals surface area contributed by atoms with Crippen molar-refractivity contribution in [2.75, 3.05) is 4.90 Å². The van der Waals surface area contributed by atoms with Gasteiger partial charge >= 0.3 is 5.97 Å². The molecule has 2 aromatic carbocycles. The van der Waals surface area contributed by atoms with Gasteiger partial charge in [-0.3, -0.25) is 19.8 Å². The Hall–Kier alpha value is -4.04. The summed E-state index contributed by atoms with van der Waals surface area (Å²) in [4.78, 5) is 39.1. The van der Waals surface area contributed by atoms with Crippen LogP contribution in [0, 0.1) is 20.8 Å². The van der Waals surface area contributed by atoms with E-state index in [0.717, 1.165) is 28.2 Å². The van der Waals surface area contributed by atoms with Crippen LogP contribution in [0.3, 0.4) is 0 Å². The smallest absolute Gasteiger partial charge is 0.335 e. The molecule has 0 aliphatic carbocycles. The molecule has 3 aromatic rings. The normalized spacial score (nSPS) is 15.1. The standard InChI is InChI=1S/C28H27N3O4S/c1-15(2)19-8-10-22(11-9-19)31-26(33)23(25(32)29-28(31)36)13-21-12-17(4)30(18(21)5)24-14-20(27(34)35)7-6-16(24)3/h6-15H,1-5H3,(H,34,35)(H,29,32,36)/b23-13-. The van der Waals surface area contributed by atoms with E-state index < -0.39 is 17.8 Å². The lowest BCUT2D eigenvalue weighted by atomic mass is 10.0. The highest BCUT2D eigenvalue weighted by Crippen LogP contribution is 2.28. The van der Waals surface area contributed by atoms with Crippen molar-refractivity contribution in [1.82, 2.24) is 9.88 Å². The second kappa shape index (κ2) is 9.54. The third-order valence-electron chi connectivity index (χ3n) is 6.39. The average molecular weight is 502 g/mol. The van der Waals surface area contributed by atoms with Gasteiger partial charge in [-0.05, 0) is 92.0 Å². The highest BCUT2D eigenvalue weighted by Gasteiger charge is 2.34. The van der Waals surface area contributed by atoms with Crippen LogP contribution in [0.1, 0.15) is 58.2 Å². The molecule has 1 aliphatic heterocycles. The number of aromatic carboxylic acids is 1. The third-order valence-corrected chi connectivity index (χ3v) is 6.67. The Kier molecular flexibility index (Phi) is 6.65. The van der Waals surface area contributed by atoms with Gasteiger partial charge in [0, 0.05) is 17.1 Å². The summed E-state index contributed by atoms with van der Waals surface area (Å²) in [6.45, 7) is 9.83. The highest BCUT2D eigenvalue weighted by atomic mass is 32.1. The number of carbonyl (C=O) groups is 3. The Balaban J connectivity index is 1.76. The number of hydrogen-bond acceptors (Lipinski definition) is 4. The van der Waals surface area contributed by atoms with Crippen LogP contribution in [-0.4, -0.2) is 32.6 Å². The Morgan fingerprint density at radius 1 is 1.03 bits per heavy atom. The highest BCUT2D eigenvalue weighted by molar-refractivity contribution is 7.80. The fraction of sp³-hybridized carbons (Fsp3) is 0.214. The van der Waals surface area contributed by atoms with Crippen LogP contribution >= 0.6 is 12.2 Å². The second-order valence-corrected chi connectivity index (χ2v) is 9.56. The Bertz CT molecular complexity index is 1450. The number of aromatic nitrogens is 1. The SMILES string of the molecule is Cc1ccc(C(=O)O)cc1-n1c(C)cc(/C=C2/C(=O)NC(=S)N(c3ccc(C(C)C)cc3)C2=O)c1C. The molecule has 0 bridgehead atoms. The molecule has 1 aromatic heterocycles. The minimum Gasteiger partial charge on any atom is -0.478 e. The second-order valence-electron chi connectivity index (χ2n) is 9.17. The largest absolute Gasteiger partial charge is 0.478 e. The molecule has 1 saturated heterocycles. The molecule has 2 N–H and O–H groups in total. The van der Waals surface area contributed by atoms with Gasteiger partial charge in [-0.1, -0.05) is 32.0 Å². The van der Waals surface area contributed by atoms with Crippen molar-refractivity contribution in [3.05, 3.63) is 87.7 Å². The summed E-state index contributed by atoms with van der Waals surface area (Å²) in [7, 11) is 0. The van der Waals surface area contributed by atoms with Crippen LogP contribution in [-0.2, 0) is 9.59 Å². The molecule has 0 unspecified atom stereocenters. The van der Waals surface area contributed by atoms with Crippen molar-refractivity contribution in [3.63, 3.8) is 0 Å². The number of rotatable bonds is 5. The van der Waals surface area contributed by atoms with Crippen LogP contribution < -0.4 is 10.2 Å². The zero-order chi connectivity index (χ0) is 26.3. The number of aryl methyl sites for hydroxylation is 2. The van der Waals surface area contributed by atoms with Gasteiger partial charge in [0.2, 0.25) is 0 Å². The van der Waals surface area contributed by atoms with E-state index >= 15 is 0 Å². The van der Waals surface area contributed by atoms with Crippen LogP contribution in [0.15, 0.2) is 54.1 Å². The number of thiocarbonyl (C=S) groups is 1. The van der Waals surface area contributed by atoms with Gasteiger partial charge in [-0.15, -0.1) is 0 Å². The van der Waals surface area contributed by atoms with Gasteiger partial charge in [-0.2, -0.15) is 0 Å². The van der Waals surface area contributed by atoms with Crippen LogP contribution in [0.4, 0.5) is 5.69 Å². The quantitative estimate of drug-likeness (QED) is 0.290. The lowest BCUT2D eigenvalue weighted by Gasteiger charge is -2.29. The molecule has 0 spiro atoms. The molecule has 2 heterocycles. The first-order chi connectivity index (χ1) is 17.0. The maximum atomic E-state index is 13.5. The number of nitrogens with zero attached hydrogens (tertiary/aromatic N) is 2. The number of hydrogen-bond donors (Lipinski definition) is 2. The Labute approximate surface area is 215 Å². The predicted octanol–water partition coefficient (Wildman–Crippen LogP) is 5.06. The lowest BCUT2D eigenvalue weighted by Crippen LogP contribution is -2.54. The summed E-state index contributed by atoms with van der Waals surface area (Å²) in [6.07, 6.45) is 1.56. The number of amides is 2. The van der Waals surface area contributed by atoms with E-state index in [-0.39, 0.29) is 16.2 Å². The predicted molar refractivity (Wildman–Crippen MR) is 144 cm³/mol. The topological polar surface area (TPSA) is 91.6 Å². The minimum absolute atomic E-state index is 0.0334. The van der Waals surface area contributed by atoms with E-state index in [1.807, 2.05) is 55.7 Å². The van der Waals surface area contributed by atoms with Crippen molar-refractivity contribution in [2.24, 2.45) is 0 Å². The molecule has 7 nitrogen and oxygen atoms in total. The molecule has 184 valence electrons. The van der Waals surface area contributed by atoms with Gasteiger partial charge in [0.1, 0.15) is 5.57 Å². The number of benzene rings is 2. The molecule has 4 rings (SSSR count). The summed E-state index contributed by atoms with van der Waals surface area (Å²) in [5, 5.41) is 12.1. The monoisotopic (exact) mass is 501 g/mol. The number of anilines is 1. The Morgan fingerprint density at radius 2 is 1.69 bits per heavy atom. The summed E-state index contributed by atoms with van der Waals surface area (Å²) in [5.41, 5.74) is 5.75. The summed E-state index contributed by atoms with van der Waals surface area (Å²) < 4.78 is 1.92. The van der Waals surface area contributed by atoms with E-state index in [2.05, 4.69) is 19.2 Å². The van der Waals surface area contributed by atoms with Crippen molar-refractivity contribution >= 4 is 46.9 Å².